The first-order valence-electron chi connectivity index (χ1n) is 15.4. The molecule has 1 aliphatic carbocycles. The molecule has 43 heavy (non-hydrogen) atoms. The number of likely N-dealkylation sites (tertiary alicyclic amines) is 1. The van der Waals surface area contributed by atoms with Gasteiger partial charge in [0.15, 0.2) is 0 Å². The first kappa shape index (κ1) is 31.5. The largest absolute Gasteiger partial charge is 0.489 e. The standard InChI is InChI=1S/C33H45ClN6O3/c1-31(2)20-40(14-9-23(31)19-39-12-10-24(41)11-13-39)30-36-17-22(18-37-30)27(42)38-28-32(3,4)29(33(28,5)6)43-25-8-7-21(16-35)26(34)15-25/h7-8,15,17-18,23-24,28-29,41H,9-14,19-20H2,1-6H3,(H,38,42)/t23-,28?,29?/m1/s1. The summed E-state index contributed by atoms with van der Waals surface area (Å²) in [6.45, 7) is 17.7. The smallest absolute Gasteiger partial charge is 0.254 e. The number of carbonyl (C=O) groups is 1. The predicted molar refractivity (Wildman–Crippen MR) is 167 cm³/mol. The van der Waals surface area contributed by atoms with Crippen molar-refractivity contribution in [3.63, 3.8) is 0 Å². The zero-order valence-corrected chi connectivity index (χ0v) is 27.0. The maximum atomic E-state index is 13.3. The molecule has 1 aromatic heterocycles. The van der Waals surface area contributed by atoms with Crippen LogP contribution in [-0.4, -0.2) is 76.9 Å². The van der Waals surface area contributed by atoms with Gasteiger partial charge < -0.3 is 25.0 Å². The molecule has 1 saturated carbocycles. The Morgan fingerprint density at radius 1 is 1.09 bits per heavy atom. The van der Waals surface area contributed by atoms with E-state index in [1.54, 1.807) is 30.6 Å². The molecule has 2 aliphatic heterocycles. The summed E-state index contributed by atoms with van der Waals surface area (Å²) in [7, 11) is 0. The third-order valence-corrected chi connectivity index (χ3v) is 10.4. The van der Waals surface area contributed by atoms with Crippen LogP contribution in [0.3, 0.4) is 0 Å². The molecule has 5 rings (SSSR count). The number of benzene rings is 1. The predicted octanol–water partition coefficient (Wildman–Crippen LogP) is 4.92. The highest BCUT2D eigenvalue weighted by Gasteiger charge is 2.64. The minimum atomic E-state index is -0.357. The highest BCUT2D eigenvalue weighted by Crippen LogP contribution is 2.55. The van der Waals surface area contributed by atoms with E-state index >= 15 is 0 Å². The summed E-state index contributed by atoms with van der Waals surface area (Å²) in [5.41, 5.74) is 0.216. The number of piperidine rings is 2. The molecule has 0 radical (unpaired) electrons. The first-order valence-corrected chi connectivity index (χ1v) is 15.7. The van der Waals surface area contributed by atoms with Crippen molar-refractivity contribution in [1.82, 2.24) is 20.2 Å². The van der Waals surface area contributed by atoms with Gasteiger partial charge in [0.2, 0.25) is 5.95 Å². The lowest BCUT2D eigenvalue weighted by Crippen LogP contribution is -2.74. The summed E-state index contributed by atoms with van der Waals surface area (Å²) in [5, 5.41) is 22.6. The number of aromatic nitrogens is 2. The zero-order valence-electron chi connectivity index (χ0n) is 26.2. The number of hydrogen-bond acceptors (Lipinski definition) is 8. The second-order valence-corrected chi connectivity index (χ2v) is 14.9. The van der Waals surface area contributed by atoms with Gasteiger partial charge in [0.25, 0.3) is 5.91 Å². The second kappa shape index (κ2) is 11.9. The fraction of sp³-hybridized carbons (Fsp3) is 0.636. The van der Waals surface area contributed by atoms with Crippen molar-refractivity contribution in [1.29, 1.82) is 5.26 Å². The van der Waals surface area contributed by atoms with Crippen LogP contribution in [0, 0.1) is 33.5 Å². The summed E-state index contributed by atoms with van der Waals surface area (Å²) >= 11 is 6.22. The molecule has 232 valence electrons. The zero-order chi connectivity index (χ0) is 31.2. The van der Waals surface area contributed by atoms with Crippen LogP contribution in [0.15, 0.2) is 30.6 Å². The summed E-state index contributed by atoms with van der Waals surface area (Å²) < 4.78 is 6.34. The number of nitriles is 1. The third kappa shape index (κ3) is 6.33. The van der Waals surface area contributed by atoms with Gasteiger partial charge in [-0.2, -0.15) is 5.26 Å². The quantitative estimate of drug-likeness (QED) is 0.455. The molecule has 1 aromatic carbocycles. The summed E-state index contributed by atoms with van der Waals surface area (Å²) in [5.74, 6) is 1.62. The van der Waals surface area contributed by atoms with Gasteiger partial charge in [-0.25, -0.2) is 9.97 Å². The number of rotatable bonds is 7. The van der Waals surface area contributed by atoms with Gasteiger partial charge in [0, 0.05) is 68.1 Å². The Bertz CT molecular complexity index is 1350. The highest BCUT2D eigenvalue weighted by atomic mass is 35.5. The molecule has 3 aliphatic rings. The van der Waals surface area contributed by atoms with Crippen molar-refractivity contribution < 1.29 is 14.6 Å². The molecule has 9 nitrogen and oxygen atoms in total. The summed E-state index contributed by atoms with van der Waals surface area (Å²) in [4.78, 5) is 27.3. The molecule has 1 amide bonds. The van der Waals surface area contributed by atoms with Gasteiger partial charge in [-0.15, -0.1) is 0 Å². The topological polar surface area (TPSA) is 115 Å². The minimum absolute atomic E-state index is 0.0941. The number of halogens is 1. The fourth-order valence-electron chi connectivity index (χ4n) is 7.74. The average Bonchev–Trinajstić information content (AvgIpc) is 2.96. The molecule has 2 aromatic rings. The lowest BCUT2D eigenvalue weighted by Gasteiger charge is -2.63. The van der Waals surface area contributed by atoms with Crippen LogP contribution in [0.2, 0.25) is 5.02 Å². The van der Waals surface area contributed by atoms with E-state index in [2.05, 4.69) is 72.7 Å². The van der Waals surface area contributed by atoms with E-state index in [0.29, 0.717) is 33.8 Å². The summed E-state index contributed by atoms with van der Waals surface area (Å²) in [6.07, 6.45) is 5.71. The van der Waals surface area contributed by atoms with Crippen molar-refractivity contribution in [2.45, 2.75) is 79.1 Å². The summed E-state index contributed by atoms with van der Waals surface area (Å²) in [6, 6.07) is 7.00. The van der Waals surface area contributed by atoms with Crippen molar-refractivity contribution >= 4 is 23.5 Å². The number of hydrogen-bond donors (Lipinski definition) is 2. The number of anilines is 1. The van der Waals surface area contributed by atoms with Crippen LogP contribution < -0.4 is 15.0 Å². The van der Waals surface area contributed by atoms with E-state index < -0.39 is 0 Å². The minimum Gasteiger partial charge on any atom is -0.489 e. The monoisotopic (exact) mass is 608 g/mol. The van der Waals surface area contributed by atoms with Crippen LogP contribution in [0.25, 0.3) is 0 Å². The Labute approximate surface area is 260 Å². The molecule has 3 heterocycles. The fourth-order valence-corrected chi connectivity index (χ4v) is 7.95. The van der Waals surface area contributed by atoms with Crippen LogP contribution in [-0.2, 0) is 0 Å². The molecule has 3 fully saturated rings. The number of ether oxygens (including phenoxy) is 1. The molecule has 10 heteroatoms. The Hall–Kier alpha value is -2.93. The molecular weight excluding hydrogens is 564 g/mol. The Balaban J connectivity index is 1.18. The molecule has 0 unspecified atom stereocenters. The highest BCUT2D eigenvalue weighted by molar-refractivity contribution is 6.31. The number of aliphatic hydroxyl groups is 1. The van der Waals surface area contributed by atoms with Gasteiger partial charge >= 0.3 is 0 Å². The van der Waals surface area contributed by atoms with Crippen LogP contribution in [0.4, 0.5) is 5.95 Å². The van der Waals surface area contributed by atoms with E-state index in [1.165, 1.54) is 0 Å². The molecule has 0 bridgehead atoms. The number of amides is 1. The lowest BCUT2D eigenvalue weighted by molar-refractivity contribution is -0.164. The van der Waals surface area contributed by atoms with Gasteiger partial charge in [-0.05, 0) is 42.7 Å². The Morgan fingerprint density at radius 3 is 2.33 bits per heavy atom. The number of carbonyl (C=O) groups excluding carboxylic acids is 1. The van der Waals surface area contributed by atoms with Crippen molar-refractivity contribution in [2.24, 2.45) is 22.2 Å². The second-order valence-electron chi connectivity index (χ2n) is 14.5. The van der Waals surface area contributed by atoms with E-state index in [1.807, 2.05) is 0 Å². The van der Waals surface area contributed by atoms with Gasteiger partial charge in [0.05, 0.1) is 22.3 Å². The van der Waals surface area contributed by atoms with E-state index in [-0.39, 0.29) is 40.4 Å². The first-order chi connectivity index (χ1) is 20.2. The van der Waals surface area contributed by atoms with Crippen molar-refractivity contribution in [3.8, 4) is 11.8 Å². The van der Waals surface area contributed by atoms with Crippen LogP contribution in [0.1, 0.15) is 76.7 Å². The van der Waals surface area contributed by atoms with Crippen molar-refractivity contribution in [3.05, 3.63) is 46.7 Å². The van der Waals surface area contributed by atoms with Gasteiger partial charge in [0.1, 0.15) is 17.9 Å². The molecule has 0 spiro atoms. The Kier molecular flexibility index (Phi) is 8.69. The number of nitrogens with one attached hydrogen (secondary N) is 1. The van der Waals surface area contributed by atoms with Crippen molar-refractivity contribution in [2.75, 3.05) is 37.6 Å². The molecule has 2 N–H and O–H groups in total. The number of nitrogens with zero attached hydrogens (tertiary/aromatic N) is 5. The maximum Gasteiger partial charge on any atom is 0.254 e. The Morgan fingerprint density at radius 2 is 1.74 bits per heavy atom. The van der Waals surface area contributed by atoms with E-state index in [4.69, 9.17) is 21.6 Å². The number of aliphatic hydroxyl groups excluding tert-OH is 1. The van der Waals surface area contributed by atoms with Gasteiger partial charge in [-0.3, -0.25) is 4.79 Å². The van der Waals surface area contributed by atoms with E-state index in [0.717, 1.165) is 52.0 Å². The van der Waals surface area contributed by atoms with Gasteiger partial charge in [-0.1, -0.05) is 53.1 Å². The SMILES string of the molecule is CC1(C)C(NC(=O)c2cnc(N3CC[C@H](CN4CCC(O)CC4)C(C)(C)C3)nc2)C(C)(C)C1Oc1ccc(C#N)c(Cl)c1. The molecule has 2 saturated heterocycles. The van der Waals surface area contributed by atoms with Crippen LogP contribution in [0.5, 0.6) is 5.75 Å². The molecular formula is C33H45ClN6O3. The normalized spacial score (nSPS) is 26.7. The average molecular weight is 609 g/mol. The van der Waals surface area contributed by atoms with E-state index in [9.17, 15) is 9.90 Å². The maximum absolute atomic E-state index is 13.3. The van der Waals surface area contributed by atoms with Crippen LogP contribution >= 0.6 is 11.6 Å². The molecule has 1 atom stereocenters. The third-order valence-electron chi connectivity index (χ3n) is 10.1. The lowest BCUT2D eigenvalue weighted by atomic mass is 9.49.